The Kier molecular flexibility index (Phi) is 5.15. The number of aromatic amines is 1. The van der Waals surface area contributed by atoms with Crippen molar-refractivity contribution in [2.75, 3.05) is 31.1 Å². The summed E-state index contributed by atoms with van der Waals surface area (Å²) in [5.41, 5.74) is 7.73. The molecule has 3 aromatic rings. The number of anilines is 1. The molecular formula is C21H21N5O3. The van der Waals surface area contributed by atoms with Crippen molar-refractivity contribution in [2.24, 2.45) is 5.73 Å². The fourth-order valence-electron chi connectivity index (χ4n) is 3.30. The summed E-state index contributed by atoms with van der Waals surface area (Å²) in [5.74, 6) is 0.0422. The van der Waals surface area contributed by atoms with Gasteiger partial charge >= 0.3 is 6.09 Å². The minimum Gasteiger partial charge on any atom is -0.410 e. The molecule has 4 rings (SSSR count). The maximum Gasteiger partial charge on any atom is 0.415 e. The Morgan fingerprint density at radius 1 is 1.14 bits per heavy atom. The zero-order valence-corrected chi connectivity index (χ0v) is 15.7. The van der Waals surface area contributed by atoms with Gasteiger partial charge in [-0.2, -0.15) is 0 Å². The Labute approximate surface area is 167 Å². The van der Waals surface area contributed by atoms with E-state index in [1.165, 1.54) is 6.08 Å². The number of aromatic nitrogens is 2. The van der Waals surface area contributed by atoms with Crippen molar-refractivity contribution < 1.29 is 14.3 Å². The fraction of sp³-hybridized carbons (Fsp3) is 0.190. The van der Waals surface area contributed by atoms with Gasteiger partial charge in [0.25, 0.3) is 0 Å². The summed E-state index contributed by atoms with van der Waals surface area (Å²) < 4.78 is 5.41. The molecule has 2 amide bonds. The Morgan fingerprint density at radius 2 is 1.90 bits per heavy atom. The zero-order valence-electron chi connectivity index (χ0n) is 15.7. The summed E-state index contributed by atoms with van der Waals surface area (Å²) >= 11 is 0. The van der Waals surface area contributed by atoms with Crippen molar-refractivity contribution in [3.63, 3.8) is 0 Å². The Hall–Kier alpha value is -3.81. The first-order valence-corrected chi connectivity index (χ1v) is 9.31. The van der Waals surface area contributed by atoms with Crippen LogP contribution in [0.5, 0.6) is 5.75 Å². The van der Waals surface area contributed by atoms with Gasteiger partial charge in [-0.25, -0.2) is 9.78 Å². The van der Waals surface area contributed by atoms with Gasteiger partial charge in [-0.05, 0) is 24.3 Å². The molecule has 1 fully saturated rings. The van der Waals surface area contributed by atoms with Crippen molar-refractivity contribution >= 4 is 34.8 Å². The van der Waals surface area contributed by atoms with Gasteiger partial charge in [-0.15, -0.1) is 0 Å². The number of nitrogens with two attached hydrogens (primary N) is 1. The molecule has 0 aliphatic carbocycles. The van der Waals surface area contributed by atoms with Crippen LogP contribution >= 0.6 is 0 Å². The number of amides is 2. The van der Waals surface area contributed by atoms with Crippen LogP contribution < -0.4 is 15.4 Å². The molecule has 2 aromatic heterocycles. The first-order chi connectivity index (χ1) is 14.1. The summed E-state index contributed by atoms with van der Waals surface area (Å²) in [6.45, 7) is 2.47. The lowest BCUT2D eigenvalue weighted by Gasteiger charge is -2.35. The van der Waals surface area contributed by atoms with Crippen LogP contribution in [0, 0.1) is 0 Å². The number of pyridine rings is 1. The van der Waals surface area contributed by atoms with Crippen molar-refractivity contribution in [3.8, 4) is 5.75 Å². The molecule has 0 atom stereocenters. The summed E-state index contributed by atoms with van der Waals surface area (Å²) in [6, 6.07) is 11.1. The van der Waals surface area contributed by atoms with Gasteiger partial charge in [0.15, 0.2) is 0 Å². The predicted molar refractivity (Wildman–Crippen MR) is 111 cm³/mol. The third kappa shape index (κ3) is 4.21. The van der Waals surface area contributed by atoms with E-state index >= 15 is 0 Å². The molecule has 3 heterocycles. The highest BCUT2D eigenvalue weighted by molar-refractivity contribution is 5.95. The number of carbonyl (C=O) groups is 2. The zero-order chi connectivity index (χ0) is 20.2. The molecule has 8 heteroatoms. The van der Waals surface area contributed by atoms with Crippen LogP contribution in [0.2, 0.25) is 0 Å². The van der Waals surface area contributed by atoms with Crippen molar-refractivity contribution in [2.45, 2.75) is 0 Å². The van der Waals surface area contributed by atoms with Gasteiger partial charge in [0.2, 0.25) is 5.91 Å². The van der Waals surface area contributed by atoms with E-state index in [0.717, 1.165) is 22.3 Å². The quantitative estimate of drug-likeness (QED) is 0.665. The molecule has 1 aromatic carbocycles. The number of para-hydroxylation sites is 1. The fourth-order valence-corrected chi connectivity index (χ4v) is 3.30. The highest BCUT2D eigenvalue weighted by Crippen LogP contribution is 2.24. The first-order valence-electron chi connectivity index (χ1n) is 9.31. The number of hydrogen-bond acceptors (Lipinski definition) is 5. The number of nitrogens with one attached hydrogen (secondary N) is 1. The highest BCUT2D eigenvalue weighted by Gasteiger charge is 2.23. The molecule has 29 heavy (non-hydrogen) atoms. The lowest BCUT2D eigenvalue weighted by molar-refractivity contribution is -0.113. The highest BCUT2D eigenvalue weighted by atomic mass is 16.6. The average Bonchev–Trinajstić information content (AvgIpc) is 3.15. The number of fused-ring (bicyclic) bond motifs is 1. The number of ether oxygens (including phenoxy) is 1. The number of H-pyrrole nitrogens is 1. The molecule has 1 saturated heterocycles. The second-order valence-electron chi connectivity index (χ2n) is 6.72. The summed E-state index contributed by atoms with van der Waals surface area (Å²) in [5, 5.41) is 0.908. The number of nitrogens with zero attached hydrogens (tertiary/aromatic N) is 3. The third-order valence-corrected chi connectivity index (χ3v) is 4.83. The molecule has 1 aliphatic rings. The second kappa shape index (κ2) is 8.05. The summed E-state index contributed by atoms with van der Waals surface area (Å²) in [4.78, 5) is 34.8. The number of benzene rings is 1. The smallest absolute Gasteiger partial charge is 0.410 e. The SMILES string of the molecule is NC(=O)C=Cc1c[nH]c2ncc(N3CCN(C(=O)Oc4ccccc4)CC3)cc12. The number of piperazine rings is 1. The largest absolute Gasteiger partial charge is 0.415 e. The first kappa shape index (κ1) is 18.5. The molecule has 0 unspecified atom stereocenters. The van der Waals surface area contributed by atoms with Gasteiger partial charge in [0.05, 0.1) is 11.9 Å². The van der Waals surface area contributed by atoms with E-state index in [1.54, 1.807) is 35.5 Å². The van der Waals surface area contributed by atoms with Gasteiger partial charge in [0, 0.05) is 49.4 Å². The van der Waals surface area contributed by atoms with Gasteiger partial charge in [-0.1, -0.05) is 18.2 Å². The second-order valence-corrected chi connectivity index (χ2v) is 6.72. The predicted octanol–water partition coefficient (Wildman–Crippen LogP) is 2.38. The van der Waals surface area contributed by atoms with Crippen LogP contribution in [-0.4, -0.2) is 53.0 Å². The molecule has 8 nitrogen and oxygen atoms in total. The lowest BCUT2D eigenvalue weighted by atomic mass is 10.2. The molecule has 1 aliphatic heterocycles. The lowest BCUT2D eigenvalue weighted by Crippen LogP contribution is -2.49. The molecule has 0 saturated carbocycles. The third-order valence-electron chi connectivity index (χ3n) is 4.83. The summed E-state index contributed by atoms with van der Waals surface area (Å²) in [7, 11) is 0. The minimum atomic E-state index is -0.498. The van der Waals surface area contributed by atoms with Crippen molar-refractivity contribution in [1.29, 1.82) is 0 Å². The van der Waals surface area contributed by atoms with Crippen LogP contribution in [0.4, 0.5) is 10.5 Å². The van der Waals surface area contributed by atoms with Gasteiger partial charge < -0.3 is 25.3 Å². The maximum absolute atomic E-state index is 12.3. The molecule has 0 spiro atoms. The standard InChI is InChI=1S/C21H21N5O3/c22-19(27)7-6-15-13-23-20-18(15)12-16(14-24-20)25-8-10-26(11-9-25)21(28)29-17-4-2-1-3-5-17/h1-7,12-14H,8-11H2,(H2,22,27)(H,23,24). The topological polar surface area (TPSA) is 105 Å². The molecular weight excluding hydrogens is 370 g/mol. The normalized spacial score (nSPS) is 14.5. The van der Waals surface area contributed by atoms with E-state index in [9.17, 15) is 9.59 Å². The van der Waals surface area contributed by atoms with Crippen LogP contribution in [0.3, 0.4) is 0 Å². The molecule has 148 valence electrons. The molecule has 3 N–H and O–H groups in total. The number of primary amides is 1. The van der Waals surface area contributed by atoms with E-state index < -0.39 is 5.91 Å². The van der Waals surface area contributed by atoms with E-state index in [1.807, 2.05) is 24.3 Å². The van der Waals surface area contributed by atoms with Crippen molar-refractivity contribution in [3.05, 3.63) is 60.4 Å². The molecule has 0 bridgehead atoms. The van der Waals surface area contributed by atoms with Crippen LogP contribution in [0.1, 0.15) is 5.56 Å². The van der Waals surface area contributed by atoms with E-state index in [2.05, 4.69) is 14.9 Å². The van der Waals surface area contributed by atoms with Gasteiger partial charge in [0.1, 0.15) is 11.4 Å². The van der Waals surface area contributed by atoms with Crippen molar-refractivity contribution in [1.82, 2.24) is 14.9 Å². The average molecular weight is 391 g/mol. The summed E-state index contributed by atoms with van der Waals surface area (Å²) in [6.07, 6.45) is 6.25. The Bertz CT molecular complexity index is 1050. The number of carbonyl (C=O) groups excluding carboxylic acids is 2. The van der Waals surface area contributed by atoms with Crippen LogP contribution in [0.25, 0.3) is 17.1 Å². The van der Waals surface area contributed by atoms with Crippen LogP contribution in [0.15, 0.2) is 54.9 Å². The Morgan fingerprint density at radius 3 is 2.62 bits per heavy atom. The van der Waals surface area contributed by atoms with E-state index in [-0.39, 0.29) is 6.09 Å². The maximum atomic E-state index is 12.3. The number of hydrogen-bond donors (Lipinski definition) is 2. The van der Waals surface area contributed by atoms with E-state index in [0.29, 0.717) is 31.9 Å². The minimum absolute atomic E-state index is 0.339. The van der Waals surface area contributed by atoms with Crippen LogP contribution in [-0.2, 0) is 4.79 Å². The molecule has 0 radical (unpaired) electrons. The van der Waals surface area contributed by atoms with Gasteiger partial charge in [-0.3, -0.25) is 4.79 Å². The van der Waals surface area contributed by atoms with E-state index in [4.69, 9.17) is 10.5 Å². The number of rotatable bonds is 4. The monoisotopic (exact) mass is 391 g/mol. The Balaban J connectivity index is 1.43.